The molecule has 0 aromatic heterocycles. The Balaban J connectivity index is 2.14. The normalized spacial score (nSPS) is 17.0. The largest absolute Gasteiger partial charge is 0.478 e. The fourth-order valence-corrected chi connectivity index (χ4v) is 3.62. The van der Waals surface area contributed by atoms with E-state index in [0.717, 1.165) is 6.54 Å². The SMILES string of the molecule is CSC1(CNc2cccc(Br)c2C(=O)O)CCC1. The summed E-state index contributed by atoms with van der Waals surface area (Å²) >= 11 is 5.17. The minimum atomic E-state index is -0.906. The highest BCUT2D eigenvalue weighted by Crippen LogP contribution is 2.43. The summed E-state index contributed by atoms with van der Waals surface area (Å²) in [6.45, 7) is 0.824. The molecule has 1 saturated carbocycles. The Morgan fingerprint density at radius 3 is 2.78 bits per heavy atom. The number of thioether (sulfide) groups is 1. The molecule has 98 valence electrons. The maximum atomic E-state index is 11.2. The number of benzene rings is 1. The molecule has 0 heterocycles. The molecule has 5 heteroatoms. The zero-order chi connectivity index (χ0) is 13.2. The van der Waals surface area contributed by atoms with Crippen molar-refractivity contribution in [1.29, 1.82) is 0 Å². The molecule has 1 aromatic carbocycles. The monoisotopic (exact) mass is 329 g/mol. The summed E-state index contributed by atoms with van der Waals surface area (Å²) < 4.78 is 0.907. The molecule has 0 atom stereocenters. The molecule has 1 aliphatic carbocycles. The van der Waals surface area contributed by atoms with Crippen LogP contribution in [0.5, 0.6) is 0 Å². The van der Waals surface area contributed by atoms with E-state index in [0.29, 0.717) is 15.7 Å². The summed E-state index contributed by atoms with van der Waals surface area (Å²) in [7, 11) is 0. The number of aromatic carboxylic acids is 1. The van der Waals surface area contributed by atoms with Crippen molar-refractivity contribution in [2.45, 2.75) is 24.0 Å². The van der Waals surface area contributed by atoms with Crippen molar-refractivity contribution in [3.05, 3.63) is 28.2 Å². The lowest BCUT2D eigenvalue weighted by atomic mass is 9.84. The zero-order valence-corrected chi connectivity index (χ0v) is 12.6. The number of carbonyl (C=O) groups is 1. The molecule has 0 aliphatic heterocycles. The summed E-state index contributed by atoms with van der Waals surface area (Å²) in [5.74, 6) is -0.906. The summed E-state index contributed by atoms with van der Waals surface area (Å²) in [5.41, 5.74) is 1.00. The van der Waals surface area contributed by atoms with Crippen molar-refractivity contribution in [3.8, 4) is 0 Å². The van der Waals surface area contributed by atoms with Gasteiger partial charge in [-0.05, 0) is 47.2 Å². The highest BCUT2D eigenvalue weighted by Gasteiger charge is 2.36. The lowest BCUT2D eigenvalue weighted by Crippen LogP contribution is -2.40. The molecule has 2 rings (SSSR count). The first kappa shape index (κ1) is 13.7. The molecule has 2 N–H and O–H groups in total. The van der Waals surface area contributed by atoms with Gasteiger partial charge in [0.25, 0.3) is 0 Å². The van der Waals surface area contributed by atoms with Crippen LogP contribution in [0.3, 0.4) is 0 Å². The van der Waals surface area contributed by atoms with Gasteiger partial charge in [-0.1, -0.05) is 12.5 Å². The highest BCUT2D eigenvalue weighted by molar-refractivity contribution is 9.10. The molecule has 0 amide bonds. The second-order valence-electron chi connectivity index (χ2n) is 4.56. The van der Waals surface area contributed by atoms with E-state index in [1.54, 1.807) is 6.07 Å². The second kappa shape index (κ2) is 5.53. The standard InChI is InChI=1S/C13H16BrNO2S/c1-18-13(6-3-7-13)8-15-10-5-2-4-9(14)11(10)12(16)17/h2,4-5,15H,3,6-8H2,1H3,(H,16,17). The molecular weight excluding hydrogens is 314 g/mol. The molecule has 0 spiro atoms. The topological polar surface area (TPSA) is 49.3 Å². The van der Waals surface area contributed by atoms with Crippen LogP contribution in [0.1, 0.15) is 29.6 Å². The minimum absolute atomic E-state index is 0.290. The number of hydrogen-bond donors (Lipinski definition) is 2. The first-order valence-corrected chi connectivity index (χ1v) is 7.91. The van der Waals surface area contributed by atoms with E-state index >= 15 is 0 Å². The van der Waals surface area contributed by atoms with Gasteiger partial charge in [-0.2, -0.15) is 11.8 Å². The first-order chi connectivity index (χ1) is 8.58. The Kier molecular flexibility index (Phi) is 4.22. The number of anilines is 1. The van der Waals surface area contributed by atoms with Gasteiger partial charge in [0.15, 0.2) is 0 Å². The first-order valence-electron chi connectivity index (χ1n) is 5.89. The van der Waals surface area contributed by atoms with Gasteiger partial charge < -0.3 is 10.4 Å². The van der Waals surface area contributed by atoms with E-state index < -0.39 is 5.97 Å². The van der Waals surface area contributed by atoms with Crippen LogP contribution in [0, 0.1) is 0 Å². The van der Waals surface area contributed by atoms with Gasteiger partial charge in [-0.3, -0.25) is 0 Å². The fraction of sp³-hybridized carbons (Fsp3) is 0.462. The maximum absolute atomic E-state index is 11.2. The number of hydrogen-bond acceptors (Lipinski definition) is 3. The van der Waals surface area contributed by atoms with Crippen LogP contribution in [0.2, 0.25) is 0 Å². The number of halogens is 1. The average molecular weight is 330 g/mol. The van der Waals surface area contributed by atoms with E-state index in [1.807, 2.05) is 23.9 Å². The Hall–Kier alpha value is -0.680. The van der Waals surface area contributed by atoms with Crippen LogP contribution in [-0.4, -0.2) is 28.6 Å². The Morgan fingerprint density at radius 2 is 2.28 bits per heavy atom. The van der Waals surface area contributed by atoms with Crippen LogP contribution < -0.4 is 5.32 Å². The van der Waals surface area contributed by atoms with E-state index in [4.69, 9.17) is 0 Å². The van der Waals surface area contributed by atoms with Gasteiger partial charge in [0.2, 0.25) is 0 Å². The predicted octanol–water partition coefficient (Wildman–Crippen LogP) is 3.84. The molecule has 1 aliphatic rings. The van der Waals surface area contributed by atoms with E-state index in [1.165, 1.54) is 19.3 Å². The van der Waals surface area contributed by atoms with E-state index in [2.05, 4.69) is 27.5 Å². The smallest absolute Gasteiger partial charge is 0.338 e. The molecule has 0 bridgehead atoms. The molecule has 1 aromatic rings. The Bertz CT molecular complexity index is 455. The number of rotatable bonds is 5. The van der Waals surface area contributed by atoms with Crippen molar-refractivity contribution in [2.75, 3.05) is 18.1 Å². The van der Waals surface area contributed by atoms with Crippen LogP contribution in [0.15, 0.2) is 22.7 Å². The van der Waals surface area contributed by atoms with Gasteiger partial charge in [0.05, 0.1) is 5.56 Å². The predicted molar refractivity (Wildman–Crippen MR) is 79.7 cm³/mol. The van der Waals surface area contributed by atoms with Crippen LogP contribution >= 0.6 is 27.7 Å². The van der Waals surface area contributed by atoms with Crippen molar-refractivity contribution >= 4 is 39.3 Å². The molecule has 0 unspecified atom stereocenters. The summed E-state index contributed by atoms with van der Waals surface area (Å²) in [6, 6.07) is 5.43. The van der Waals surface area contributed by atoms with E-state index in [-0.39, 0.29) is 4.75 Å². The Morgan fingerprint density at radius 1 is 1.56 bits per heavy atom. The molecule has 18 heavy (non-hydrogen) atoms. The number of carboxylic acid groups (broad SMARTS) is 1. The maximum Gasteiger partial charge on any atom is 0.338 e. The molecule has 3 nitrogen and oxygen atoms in total. The van der Waals surface area contributed by atoms with Gasteiger partial charge in [-0.15, -0.1) is 0 Å². The quantitative estimate of drug-likeness (QED) is 0.861. The molecule has 1 fully saturated rings. The molecular formula is C13H16BrNO2S. The van der Waals surface area contributed by atoms with Gasteiger partial charge in [-0.25, -0.2) is 4.79 Å². The van der Waals surface area contributed by atoms with Gasteiger partial charge >= 0.3 is 5.97 Å². The Labute approximate surface area is 119 Å². The third kappa shape index (κ3) is 2.67. The third-order valence-electron chi connectivity index (χ3n) is 3.53. The highest BCUT2D eigenvalue weighted by atomic mass is 79.9. The van der Waals surface area contributed by atoms with Crippen LogP contribution in [0.4, 0.5) is 5.69 Å². The van der Waals surface area contributed by atoms with Crippen molar-refractivity contribution in [1.82, 2.24) is 0 Å². The van der Waals surface area contributed by atoms with Crippen LogP contribution in [-0.2, 0) is 0 Å². The van der Waals surface area contributed by atoms with Crippen molar-refractivity contribution < 1.29 is 9.90 Å². The second-order valence-corrected chi connectivity index (χ2v) is 6.69. The van der Waals surface area contributed by atoms with Crippen molar-refractivity contribution in [3.63, 3.8) is 0 Å². The van der Waals surface area contributed by atoms with Crippen LogP contribution in [0.25, 0.3) is 0 Å². The zero-order valence-electron chi connectivity index (χ0n) is 10.2. The molecule has 0 saturated heterocycles. The van der Waals surface area contributed by atoms with Gasteiger partial charge in [0, 0.05) is 21.5 Å². The van der Waals surface area contributed by atoms with Crippen molar-refractivity contribution in [2.24, 2.45) is 0 Å². The lowest BCUT2D eigenvalue weighted by molar-refractivity contribution is 0.0697. The minimum Gasteiger partial charge on any atom is -0.478 e. The summed E-state index contributed by atoms with van der Waals surface area (Å²) in [5, 5.41) is 12.5. The number of carboxylic acids is 1. The lowest BCUT2D eigenvalue weighted by Gasteiger charge is -2.40. The fourth-order valence-electron chi connectivity index (χ4n) is 2.17. The van der Waals surface area contributed by atoms with Gasteiger partial charge in [0.1, 0.15) is 0 Å². The molecule has 0 radical (unpaired) electrons. The average Bonchev–Trinajstić information content (AvgIpc) is 2.27. The number of nitrogens with one attached hydrogen (secondary N) is 1. The summed E-state index contributed by atoms with van der Waals surface area (Å²) in [6.07, 6.45) is 5.81. The van der Waals surface area contributed by atoms with E-state index in [9.17, 15) is 9.90 Å². The summed E-state index contributed by atoms with van der Waals surface area (Å²) in [4.78, 5) is 11.2. The third-order valence-corrected chi connectivity index (χ3v) is 5.61.